The standard InChI is InChI=1S/C16H25BFNO3/c1-14(2)15(3,4)22-17(21-14)13(18)11-5-8-16(9-6-11)10-7-12(20)19-16/h5-10H2,1-4H3,(H,19,20). The van der Waals surface area contributed by atoms with Crippen LogP contribution in [0, 0.1) is 0 Å². The molecular weight excluding hydrogens is 284 g/mol. The Morgan fingerprint density at radius 3 is 2.00 bits per heavy atom. The van der Waals surface area contributed by atoms with E-state index in [9.17, 15) is 9.18 Å². The summed E-state index contributed by atoms with van der Waals surface area (Å²) in [7, 11) is -0.896. The summed E-state index contributed by atoms with van der Waals surface area (Å²) in [5, 5.41) is 3.08. The van der Waals surface area contributed by atoms with E-state index < -0.39 is 18.3 Å². The van der Waals surface area contributed by atoms with Crippen LogP contribution >= 0.6 is 0 Å². The Kier molecular flexibility index (Phi) is 3.68. The Labute approximate surface area is 132 Å². The molecule has 0 atom stereocenters. The van der Waals surface area contributed by atoms with E-state index in [1.54, 1.807) is 0 Å². The summed E-state index contributed by atoms with van der Waals surface area (Å²) in [5.41, 5.74) is -0.630. The van der Waals surface area contributed by atoms with Crippen LogP contribution < -0.4 is 5.32 Å². The first kappa shape index (κ1) is 16.0. The fourth-order valence-electron chi connectivity index (χ4n) is 3.53. The molecular formula is C16H25BFNO3. The zero-order chi connectivity index (χ0) is 16.2. The molecule has 0 aromatic heterocycles. The van der Waals surface area contributed by atoms with Gasteiger partial charge in [-0.05, 0) is 65.4 Å². The van der Waals surface area contributed by atoms with Crippen LogP contribution in [0.5, 0.6) is 0 Å². The van der Waals surface area contributed by atoms with E-state index in [2.05, 4.69) is 5.32 Å². The van der Waals surface area contributed by atoms with Gasteiger partial charge >= 0.3 is 7.12 Å². The van der Waals surface area contributed by atoms with E-state index >= 15 is 0 Å². The quantitative estimate of drug-likeness (QED) is 0.757. The predicted octanol–water partition coefficient (Wildman–Crippen LogP) is 3.06. The van der Waals surface area contributed by atoms with Crippen molar-refractivity contribution in [3.63, 3.8) is 0 Å². The maximum Gasteiger partial charge on any atom is 0.525 e. The van der Waals surface area contributed by atoms with Gasteiger partial charge < -0.3 is 14.6 Å². The molecule has 1 saturated carbocycles. The fourth-order valence-corrected chi connectivity index (χ4v) is 3.53. The third kappa shape index (κ3) is 2.60. The summed E-state index contributed by atoms with van der Waals surface area (Å²) in [6.07, 6.45) is 4.41. The van der Waals surface area contributed by atoms with Gasteiger partial charge in [-0.3, -0.25) is 4.79 Å². The average molecular weight is 309 g/mol. The molecule has 0 unspecified atom stereocenters. The third-order valence-corrected chi connectivity index (χ3v) is 5.84. The maximum atomic E-state index is 14.8. The number of carbonyl (C=O) groups excluding carboxylic acids is 1. The lowest BCUT2D eigenvalue weighted by Crippen LogP contribution is -2.43. The van der Waals surface area contributed by atoms with Crippen molar-refractivity contribution >= 4 is 13.0 Å². The average Bonchev–Trinajstić information content (AvgIpc) is 2.88. The highest BCUT2D eigenvalue weighted by molar-refractivity contribution is 6.53. The fraction of sp³-hybridized carbons (Fsp3) is 0.812. The molecule has 0 radical (unpaired) electrons. The summed E-state index contributed by atoms with van der Waals surface area (Å²) >= 11 is 0. The van der Waals surface area contributed by atoms with Crippen LogP contribution in [-0.2, 0) is 14.1 Å². The summed E-state index contributed by atoms with van der Waals surface area (Å²) in [5.74, 6) is 0.124. The Morgan fingerprint density at radius 1 is 1.05 bits per heavy atom. The van der Waals surface area contributed by atoms with Crippen LogP contribution in [-0.4, -0.2) is 29.8 Å². The Bertz CT molecular complexity index is 503. The Balaban J connectivity index is 1.70. The number of carbonyl (C=O) groups is 1. The molecule has 122 valence electrons. The predicted molar refractivity (Wildman–Crippen MR) is 82.8 cm³/mol. The number of hydrogen-bond acceptors (Lipinski definition) is 3. The minimum atomic E-state index is -0.896. The van der Waals surface area contributed by atoms with Crippen molar-refractivity contribution in [1.82, 2.24) is 5.32 Å². The van der Waals surface area contributed by atoms with Crippen molar-refractivity contribution < 1.29 is 18.5 Å². The molecule has 4 nitrogen and oxygen atoms in total. The van der Waals surface area contributed by atoms with E-state index in [0.29, 0.717) is 19.3 Å². The summed E-state index contributed by atoms with van der Waals surface area (Å²) in [4.78, 5) is 11.4. The Hall–Kier alpha value is -0.875. The second-order valence-corrected chi connectivity index (χ2v) is 7.87. The third-order valence-electron chi connectivity index (χ3n) is 5.84. The van der Waals surface area contributed by atoms with Crippen molar-refractivity contribution in [2.45, 2.75) is 83.0 Å². The molecule has 1 amide bonds. The van der Waals surface area contributed by atoms with Gasteiger partial charge in [0.2, 0.25) is 5.91 Å². The number of rotatable bonds is 1. The second-order valence-electron chi connectivity index (χ2n) is 7.87. The van der Waals surface area contributed by atoms with Crippen molar-refractivity contribution in [3.05, 3.63) is 11.3 Å². The molecule has 3 fully saturated rings. The van der Waals surface area contributed by atoms with E-state index in [4.69, 9.17) is 9.31 Å². The van der Waals surface area contributed by atoms with Crippen molar-refractivity contribution in [3.8, 4) is 0 Å². The van der Waals surface area contributed by atoms with E-state index in [1.165, 1.54) is 0 Å². The first-order valence-corrected chi connectivity index (χ1v) is 8.18. The lowest BCUT2D eigenvalue weighted by Gasteiger charge is -2.34. The zero-order valence-corrected chi connectivity index (χ0v) is 13.9. The van der Waals surface area contributed by atoms with Gasteiger partial charge in [0, 0.05) is 12.0 Å². The number of hydrogen-bond donors (Lipinski definition) is 1. The zero-order valence-electron chi connectivity index (χ0n) is 13.9. The monoisotopic (exact) mass is 309 g/mol. The van der Waals surface area contributed by atoms with Gasteiger partial charge in [0.15, 0.2) is 0 Å². The normalized spacial score (nSPS) is 33.4. The number of amides is 1. The second kappa shape index (κ2) is 5.06. The number of nitrogens with one attached hydrogen (secondary N) is 1. The van der Waals surface area contributed by atoms with Gasteiger partial charge in [-0.15, -0.1) is 0 Å². The van der Waals surface area contributed by atoms with Gasteiger partial charge in [-0.25, -0.2) is 4.39 Å². The molecule has 22 heavy (non-hydrogen) atoms. The van der Waals surface area contributed by atoms with Crippen LogP contribution in [0.3, 0.4) is 0 Å². The van der Waals surface area contributed by atoms with Crippen LogP contribution in [0.2, 0.25) is 0 Å². The molecule has 0 aromatic carbocycles. The van der Waals surface area contributed by atoms with Crippen molar-refractivity contribution in [2.75, 3.05) is 0 Å². The molecule has 3 aliphatic rings. The smallest absolute Gasteiger partial charge is 0.398 e. The summed E-state index contributed by atoms with van der Waals surface area (Å²) in [6.45, 7) is 7.70. The van der Waals surface area contributed by atoms with E-state index in [0.717, 1.165) is 24.8 Å². The first-order chi connectivity index (χ1) is 10.1. The summed E-state index contributed by atoms with van der Waals surface area (Å²) in [6, 6.07) is 0. The maximum absolute atomic E-state index is 14.8. The highest BCUT2D eigenvalue weighted by atomic mass is 19.1. The SMILES string of the molecule is CC1(C)OB(C(F)=C2CCC3(CCC(=O)N3)CC2)OC1(C)C. The largest absolute Gasteiger partial charge is 0.525 e. The van der Waals surface area contributed by atoms with Gasteiger partial charge in [0.1, 0.15) is 5.73 Å². The number of halogens is 1. The van der Waals surface area contributed by atoms with Gasteiger partial charge in [-0.1, -0.05) is 0 Å². The van der Waals surface area contributed by atoms with E-state index in [1.807, 2.05) is 27.7 Å². The molecule has 1 spiro atoms. The van der Waals surface area contributed by atoms with Crippen LogP contribution in [0.15, 0.2) is 11.3 Å². The minimum Gasteiger partial charge on any atom is -0.398 e. The van der Waals surface area contributed by atoms with Gasteiger partial charge in [0.05, 0.1) is 11.2 Å². The number of allylic oxidation sites excluding steroid dienone is 1. The molecule has 1 aliphatic carbocycles. The highest BCUT2D eigenvalue weighted by Crippen LogP contribution is 2.43. The molecule has 2 saturated heterocycles. The minimum absolute atomic E-state index is 0.100. The lowest BCUT2D eigenvalue weighted by atomic mass is 9.74. The van der Waals surface area contributed by atoms with Gasteiger partial charge in [0.25, 0.3) is 0 Å². The van der Waals surface area contributed by atoms with Crippen molar-refractivity contribution in [1.29, 1.82) is 0 Å². The molecule has 1 N–H and O–H groups in total. The van der Waals surface area contributed by atoms with Crippen LogP contribution in [0.25, 0.3) is 0 Å². The molecule has 0 bridgehead atoms. The topological polar surface area (TPSA) is 47.6 Å². The lowest BCUT2D eigenvalue weighted by molar-refractivity contribution is -0.119. The van der Waals surface area contributed by atoms with Crippen LogP contribution in [0.4, 0.5) is 4.39 Å². The molecule has 6 heteroatoms. The van der Waals surface area contributed by atoms with E-state index in [-0.39, 0.29) is 17.2 Å². The summed E-state index contributed by atoms with van der Waals surface area (Å²) < 4.78 is 26.4. The van der Waals surface area contributed by atoms with Gasteiger partial charge in [-0.2, -0.15) is 0 Å². The molecule has 0 aromatic rings. The molecule has 2 aliphatic heterocycles. The van der Waals surface area contributed by atoms with Crippen molar-refractivity contribution in [2.24, 2.45) is 0 Å². The molecule has 3 rings (SSSR count). The Morgan fingerprint density at radius 2 is 1.55 bits per heavy atom. The first-order valence-electron chi connectivity index (χ1n) is 8.18. The van der Waals surface area contributed by atoms with Crippen LogP contribution in [0.1, 0.15) is 66.2 Å². The highest BCUT2D eigenvalue weighted by Gasteiger charge is 2.54. The molecule has 2 heterocycles.